The first kappa shape index (κ1) is 20.7. The largest absolute Gasteiger partial charge is 0.460 e. The molecular formula is C12H16F6O4. The molecule has 2 unspecified atom stereocenters. The van der Waals surface area contributed by atoms with Gasteiger partial charge in [-0.1, -0.05) is 6.58 Å². The summed E-state index contributed by atoms with van der Waals surface area (Å²) in [5.74, 6) is -0.931. The van der Waals surface area contributed by atoms with Gasteiger partial charge in [0, 0.05) is 5.57 Å². The van der Waals surface area contributed by atoms with Crippen molar-refractivity contribution in [3.05, 3.63) is 12.2 Å². The van der Waals surface area contributed by atoms with Gasteiger partial charge in [0.2, 0.25) is 0 Å². The molecule has 1 N–H and O–H groups in total. The van der Waals surface area contributed by atoms with Crippen molar-refractivity contribution >= 4 is 5.97 Å². The number of esters is 1. The van der Waals surface area contributed by atoms with Gasteiger partial charge in [-0.05, 0) is 20.8 Å². The van der Waals surface area contributed by atoms with Gasteiger partial charge in [0.25, 0.3) is 0 Å². The molecule has 0 spiro atoms. The van der Waals surface area contributed by atoms with Crippen LogP contribution in [0.5, 0.6) is 0 Å². The molecule has 0 radical (unpaired) electrons. The van der Waals surface area contributed by atoms with Gasteiger partial charge in [-0.3, -0.25) is 0 Å². The number of carbonyl (C=O) groups excluding carboxylic acids is 1. The third kappa shape index (κ3) is 4.13. The second-order valence-electron chi connectivity index (χ2n) is 4.87. The number of hydrogen-bond donors (Lipinski definition) is 1. The van der Waals surface area contributed by atoms with Crippen LogP contribution in [0.1, 0.15) is 20.8 Å². The molecule has 0 bridgehead atoms. The lowest BCUT2D eigenvalue weighted by atomic mass is 9.84. The quantitative estimate of drug-likeness (QED) is 0.350. The average molecular weight is 338 g/mol. The van der Waals surface area contributed by atoms with E-state index >= 15 is 0 Å². The van der Waals surface area contributed by atoms with E-state index in [1.54, 1.807) is 0 Å². The number of ether oxygens (including phenoxy) is 2. The number of carbonyl (C=O) groups is 1. The SMILES string of the molecule is C=C(C)C(=O)OCCOC(C)(C(F)(F)F)C(C)(O)C(F)(F)F. The third-order valence-corrected chi connectivity index (χ3v) is 3.08. The van der Waals surface area contributed by atoms with E-state index in [4.69, 9.17) is 0 Å². The Morgan fingerprint density at radius 3 is 1.82 bits per heavy atom. The summed E-state index contributed by atoms with van der Waals surface area (Å²) in [5, 5.41) is 9.31. The Kier molecular flexibility index (Phi) is 6.07. The van der Waals surface area contributed by atoms with Crippen molar-refractivity contribution < 1.29 is 45.7 Å². The van der Waals surface area contributed by atoms with Crippen molar-refractivity contribution in [3.63, 3.8) is 0 Å². The van der Waals surface area contributed by atoms with Crippen LogP contribution < -0.4 is 0 Å². The molecule has 2 atom stereocenters. The van der Waals surface area contributed by atoms with E-state index in [9.17, 15) is 36.2 Å². The number of alkyl halides is 6. The van der Waals surface area contributed by atoms with E-state index in [0.29, 0.717) is 0 Å². The van der Waals surface area contributed by atoms with Crippen LogP contribution in [-0.2, 0) is 14.3 Å². The molecule has 10 heteroatoms. The van der Waals surface area contributed by atoms with Crippen LogP contribution >= 0.6 is 0 Å². The fraction of sp³-hybridized carbons (Fsp3) is 0.750. The predicted molar refractivity (Wildman–Crippen MR) is 62.9 cm³/mol. The van der Waals surface area contributed by atoms with Crippen molar-refractivity contribution in [1.29, 1.82) is 0 Å². The first-order chi connectivity index (χ1) is 9.58. The predicted octanol–water partition coefficient (Wildman–Crippen LogP) is 2.76. The van der Waals surface area contributed by atoms with Crippen molar-refractivity contribution in [2.75, 3.05) is 13.2 Å². The van der Waals surface area contributed by atoms with E-state index in [2.05, 4.69) is 16.1 Å². The third-order valence-electron chi connectivity index (χ3n) is 3.08. The Morgan fingerprint density at radius 2 is 1.50 bits per heavy atom. The molecule has 0 aliphatic heterocycles. The minimum atomic E-state index is -5.59. The highest BCUT2D eigenvalue weighted by molar-refractivity contribution is 5.86. The van der Waals surface area contributed by atoms with E-state index in [0.717, 1.165) is 0 Å². The van der Waals surface area contributed by atoms with Gasteiger partial charge in [0.15, 0.2) is 11.2 Å². The van der Waals surface area contributed by atoms with E-state index in [-0.39, 0.29) is 19.4 Å². The Labute approximate surface area is 122 Å². The summed E-state index contributed by atoms with van der Waals surface area (Å²) in [7, 11) is 0. The van der Waals surface area contributed by atoms with E-state index < -0.39 is 42.7 Å². The summed E-state index contributed by atoms with van der Waals surface area (Å²) in [6.07, 6.45) is -11.1. The Bertz CT molecular complexity index is 426. The number of halogens is 6. The fourth-order valence-corrected chi connectivity index (χ4v) is 1.27. The molecule has 0 amide bonds. The van der Waals surface area contributed by atoms with Gasteiger partial charge in [-0.25, -0.2) is 4.79 Å². The van der Waals surface area contributed by atoms with Crippen LogP contribution in [0.15, 0.2) is 12.2 Å². The Morgan fingerprint density at radius 1 is 1.05 bits per heavy atom. The number of aliphatic hydroxyl groups is 1. The van der Waals surface area contributed by atoms with Crippen LogP contribution in [0, 0.1) is 0 Å². The van der Waals surface area contributed by atoms with Gasteiger partial charge in [0.05, 0.1) is 6.61 Å². The number of rotatable bonds is 6. The minimum Gasteiger partial charge on any atom is -0.460 e. The average Bonchev–Trinajstić information content (AvgIpc) is 2.30. The van der Waals surface area contributed by atoms with Crippen molar-refractivity contribution in [2.24, 2.45) is 0 Å². The summed E-state index contributed by atoms with van der Waals surface area (Å²) < 4.78 is 85.5. The molecule has 22 heavy (non-hydrogen) atoms. The maximum absolute atomic E-state index is 12.9. The standard InChI is InChI=1S/C12H16F6O4/c1-7(2)8(19)21-5-6-22-10(4,12(16,17)18)9(3,20)11(13,14)15/h20H,1,5-6H2,2-4H3. The highest BCUT2D eigenvalue weighted by Gasteiger charge is 2.72. The summed E-state index contributed by atoms with van der Waals surface area (Å²) in [4.78, 5) is 11.0. The molecule has 0 saturated heterocycles. The van der Waals surface area contributed by atoms with Gasteiger partial charge in [-0.2, -0.15) is 26.3 Å². The number of hydrogen-bond acceptors (Lipinski definition) is 4. The molecule has 0 aliphatic rings. The van der Waals surface area contributed by atoms with E-state index in [1.165, 1.54) is 6.92 Å². The lowest BCUT2D eigenvalue weighted by molar-refractivity contribution is -0.384. The second-order valence-corrected chi connectivity index (χ2v) is 4.87. The summed E-state index contributed by atoms with van der Waals surface area (Å²) in [6.45, 7) is 2.78. The highest BCUT2D eigenvalue weighted by atomic mass is 19.4. The zero-order valence-corrected chi connectivity index (χ0v) is 12.1. The monoisotopic (exact) mass is 338 g/mol. The Balaban J connectivity index is 5.11. The molecule has 130 valence electrons. The lowest BCUT2D eigenvalue weighted by Crippen LogP contribution is -2.67. The van der Waals surface area contributed by atoms with Crippen LogP contribution in [0.2, 0.25) is 0 Å². The van der Waals surface area contributed by atoms with Gasteiger partial charge in [0.1, 0.15) is 6.61 Å². The minimum absolute atomic E-state index is 0.0409. The lowest BCUT2D eigenvalue weighted by Gasteiger charge is -2.43. The molecule has 0 fully saturated rings. The molecule has 0 aromatic rings. The molecular weight excluding hydrogens is 322 g/mol. The van der Waals surface area contributed by atoms with Crippen LogP contribution in [0.25, 0.3) is 0 Å². The van der Waals surface area contributed by atoms with Gasteiger partial charge in [-0.15, -0.1) is 0 Å². The van der Waals surface area contributed by atoms with Crippen molar-refractivity contribution in [1.82, 2.24) is 0 Å². The maximum Gasteiger partial charge on any atom is 0.420 e. The van der Waals surface area contributed by atoms with Gasteiger partial charge >= 0.3 is 18.3 Å². The summed E-state index contributed by atoms with van der Waals surface area (Å²) in [6, 6.07) is 0. The maximum atomic E-state index is 12.9. The molecule has 0 heterocycles. The molecule has 0 aliphatic carbocycles. The molecule has 0 aromatic carbocycles. The van der Waals surface area contributed by atoms with Crippen LogP contribution in [0.4, 0.5) is 26.3 Å². The summed E-state index contributed by atoms with van der Waals surface area (Å²) >= 11 is 0. The van der Waals surface area contributed by atoms with E-state index in [1.807, 2.05) is 0 Å². The topological polar surface area (TPSA) is 55.8 Å². The molecule has 0 saturated carbocycles. The highest BCUT2D eigenvalue weighted by Crippen LogP contribution is 2.48. The normalized spacial score (nSPS) is 18.3. The zero-order valence-electron chi connectivity index (χ0n) is 12.1. The Hall–Kier alpha value is -1.29. The van der Waals surface area contributed by atoms with Crippen molar-refractivity contribution in [3.8, 4) is 0 Å². The van der Waals surface area contributed by atoms with Crippen molar-refractivity contribution in [2.45, 2.75) is 44.3 Å². The van der Waals surface area contributed by atoms with Gasteiger partial charge < -0.3 is 14.6 Å². The first-order valence-corrected chi connectivity index (χ1v) is 5.90. The first-order valence-electron chi connectivity index (χ1n) is 5.90. The van der Waals surface area contributed by atoms with Crippen LogP contribution in [-0.4, -0.2) is 47.8 Å². The molecule has 0 aromatic heterocycles. The van der Waals surface area contributed by atoms with Crippen LogP contribution in [0.3, 0.4) is 0 Å². The smallest absolute Gasteiger partial charge is 0.420 e. The fourth-order valence-electron chi connectivity index (χ4n) is 1.27. The summed E-state index contributed by atoms with van der Waals surface area (Å²) in [5.41, 5.74) is -8.18. The zero-order chi connectivity index (χ0) is 18.0. The molecule has 4 nitrogen and oxygen atoms in total. The molecule has 0 rings (SSSR count). The second kappa shape index (κ2) is 6.45.